The number of rotatable bonds is 13. The summed E-state index contributed by atoms with van der Waals surface area (Å²) in [6, 6.07) is 15.2. The van der Waals surface area contributed by atoms with E-state index < -0.39 is 30.4 Å². The van der Waals surface area contributed by atoms with Gasteiger partial charge < -0.3 is 44.1 Å². The van der Waals surface area contributed by atoms with Gasteiger partial charge in [0.1, 0.15) is 12.1 Å². The molecule has 0 bridgehead atoms. The Hall–Kier alpha value is -5.31. The number of hydrogen-bond donors (Lipinski definition) is 2. The molecule has 4 heterocycles. The van der Waals surface area contributed by atoms with Crippen LogP contribution in [0.15, 0.2) is 76.4 Å². The third kappa shape index (κ3) is 8.31. The van der Waals surface area contributed by atoms with Gasteiger partial charge in [0.15, 0.2) is 0 Å². The number of methoxy groups -OCH3 is 4. The molecule has 0 unspecified atom stereocenters. The molecule has 58 heavy (non-hydrogen) atoms. The largest absolute Gasteiger partial charge is 0.453 e. The molecule has 0 spiro atoms. The molecule has 2 aromatic carbocycles. The van der Waals surface area contributed by atoms with E-state index in [9.17, 15) is 19.2 Å². The zero-order chi connectivity index (χ0) is 40.9. The van der Waals surface area contributed by atoms with Crippen LogP contribution in [-0.2, 0) is 33.3 Å². The van der Waals surface area contributed by atoms with Crippen LogP contribution in [0.25, 0.3) is 22.3 Å². The maximum Gasteiger partial charge on any atom is 0.407 e. The first-order chi connectivity index (χ1) is 28.1. The van der Waals surface area contributed by atoms with Crippen molar-refractivity contribution in [3.63, 3.8) is 0 Å². The van der Waals surface area contributed by atoms with Crippen molar-refractivity contribution in [1.29, 1.82) is 0 Å². The van der Waals surface area contributed by atoms with Crippen LogP contribution >= 0.6 is 0 Å². The fraction of sp³-hybridized carbons (Fsp3) is 0.477. The number of hydrogen-bond acceptors (Lipinski definition) is 10. The Bertz CT molecular complexity index is 2020. The summed E-state index contributed by atoms with van der Waals surface area (Å²) in [6.07, 6.45) is 4.80. The van der Waals surface area contributed by atoms with Gasteiger partial charge in [-0.3, -0.25) is 14.6 Å². The Labute approximate surface area is 339 Å². The Morgan fingerprint density at radius 3 is 1.97 bits per heavy atom. The number of amides is 4. The molecule has 7 rings (SSSR count). The van der Waals surface area contributed by atoms with Crippen LogP contribution in [0.5, 0.6) is 0 Å². The lowest BCUT2D eigenvalue weighted by Gasteiger charge is -2.32. The summed E-state index contributed by atoms with van der Waals surface area (Å²) in [5.41, 5.74) is 11.3. The fourth-order valence-electron chi connectivity index (χ4n) is 8.95. The van der Waals surface area contributed by atoms with Crippen molar-refractivity contribution >= 4 is 40.9 Å². The van der Waals surface area contributed by atoms with Crippen molar-refractivity contribution in [3.05, 3.63) is 82.6 Å². The first kappa shape index (κ1) is 40.9. The van der Waals surface area contributed by atoms with Crippen LogP contribution in [0.3, 0.4) is 0 Å². The summed E-state index contributed by atoms with van der Waals surface area (Å²) >= 11 is 0. The molecule has 308 valence electrons. The smallest absolute Gasteiger partial charge is 0.407 e. The first-order valence-corrected chi connectivity index (χ1v) is 20.0. The van der Waals surface area contributed by atoms with E-state index >= 15 is 0 Å². The van der Waals surface area contributed by atoms with Crippen molar-refractivity contribution in [2.45, 2.75) is 75.7 Å². The van der Waals surface area contributed by atoms with Gasteiger partial charge in [0, 0.05) is 45.6 Å². The fourth-order valence-corrected chi connectivity index (χ4v) is 8.95. The number of aliphatic imine (C=N–C) groups is 1. The number of nitrogens with zero attached hydrogens (tertiary/aromatic N) is 3. The summed E-state index contributed by atoms with van der Waals surface area (Å²) in [4.78, 5) is 59.9. The number of alkyl carbamates (subject to hydrolysis) is 2. The van der Waals surface area contributed by atoms with E-state index in [1.807, 2.05) is 11.1 Å². The molecule has 2 N–H and O–H groups in total. The average molecular weight is 796 g/mol. The summed E-state index contributed by atoms with van der Waals surface area (Å²) in [5, 5.41) is 5.28. The maximum atomic E-state index is 13.9. The zero-order valence-corrected chi connectivity index (χ0v) is 33.9. The number of ether oxygens (including phenoxy) is 5. The molecule has 5 aliphatic rings. The molecular formula is C44H53N5O9. The molecule has 1 aliphatic carbocycles. The Morgan fingerprint density at radius 2 is 1.33 bits per heavy atom. The molecule has 3 fully saturated rings. The quantitative estimate of drug-likeness (QED) is 0.281. The van der Waals surface area contributed by atoms with Crippen LogP contribution in [0.4, 0.5) is 9.59 Å². The molecule has 14 heteroatoms. The number of allylic oxidation sites excluding steroid dienone is 2. The Morgan fingerprint density at radius 1 is 0.741 bits per heavy atom. The number of carbonyl (C=O) groups excluding carboxylic acids is 4. The predicted octanol–water partition coefficient (Wildman–Crippen LogP) is 5.14. The second-order valence-corrected chi connectivity index (χ2v) is 15.3. The van der Waals surface area contributed by atoms with Crippen LogP contribution < -0.4 is 10.6 Å². The first-order valence-electron chi connectivity index (χ1n) is 20.0. The van der Waals surface area contributed by atoms with Crippen molar-refractivity contribution in [3.8, 4) is 11.1 Å². The van der Waals surface area contributed by atoms with E-state index in [0.717, 1.165) is 65.6 Å². The average Bonchev–Trinajstić information content (AvgIpc) is 4.11. The minimum atomic E-state index is -0.863. The highest BCUT2D eigenvalue weighted by Gasteiger charge is 2.42. The van der Waals surface area contributed by atoms with E-state index in [4.69, 9.17) is 28.7 Å². The van der Waals surface area contributed by atoms with E-state index in [1.54, 1.807) is 11.8 Å². The van der Waals surface area contributed by atoms with Gasteiger partial charge in [-0.25, -0.2) is 9.59 Å². The van der Waals surface area contributed by atoms with Crippen molar-refractivity contribution in [2.75, 3.05) is 61.3 Å². The van der Waals surface area contributed by atoms with Crippen molar-refractivity contribution < 1.29 is 42.9 Å². The standard InChI is InChI=1S/C44H53N5O9/c1-26(55-3)40(47-44(53)57-5)42(51)48-18-6-8-38(48)33-21-32(34-23-58-24-35(33)34)30-16-14-28(15-17-30)27-10-12-29(13-11-27)31-20-36(45-22-31)39-9-7-19-49(39)41(50)37(25-54-2)46-43(52)56-4/h10-17,22,26,37-40H,6-9,18-21,23-25H2,1-5H3,(H,46,52)(H,47,53)/t26-,37+,38+,39+,40+/m1/s1. The van der Waals surface area contributed by atoms with Gasteiger partial charge in [-0.1, -0.05) is 48.5 Å². The van der Waals surface area contributed by atoms with E-state index in [-0.39, 0.29) is 30.5 Å². The lowest BCUT2D eigenvalue weighted by Crippen LogP contribution is -2.55. The molecular weight excluding hydrogens is 743 g/mol. The molecule has 0 saturated carbocycles. The van der Waals surface area contributed by atoms with Crippen LogP contribution in [0.1, 0.15) is 56.6 Å². The lowest BCUT2D eigenvalue weighted by molar-refractivity contribution is -0.137. The number of fused-ring (bicyclic) bond motifs is 1. The van der Waals surface area contributed by atoms with Gasteiger partial charge in [-0.15, -0.1) is 0 Å². The molecule has 4 aliphatic heterocycles. The van der Waals surface area contributed by atoms with Gasteiger partial charge in [0.25, 0.3) is 0 Å². The molecule has 2 aromatic rings. The summed E-state index contributed by atoms with van der Waals surface area (Å²) in [7, 11) is 5.57. The topological polar surface area (TPSA) is 157 Å². The second kappa shape index (κ2) is 18.1. The predicted molar refractivity (Wildman–Crippen MR) is 218 cm³/mol. The molecule has 3 saturated heterocycles. The molecule has 0 aromatic heterocycles. The van der Waals surface area contributed by atoms with E-state index in [2.05, 4.69) is 59.2 Å². The lowest BCUT2D eigenvalue weighted by atomic mass is 9.94. The minimum absolute atomic E-state index is 0.0491. The van der Waals surface area contributed by atoms with Gasteiger partial charge in [0.05, 0.1) is 52.2 Å². The third-order valence-electron chi connectivity index (χ3n) is 12.1. The van der Waals surface area contributed by atoms with Crippen molar-refractivity contribution in [1.82, 2.24) is 20.4 Å². The molecule has 4 amide bonds. The second-order valence-electron chi connectivity index (χ2n) is 15.3. The number of nitrogens with one attached hydrogen (secondary N) is 2. The molecule has 5 atom stereocenters. The molecule has 14 nitrogen and oxygen atoms in total. The monoisotopic (exact) mass is 795 g/mol. The Kier molecular flexibility index (Phi) is 12.7. The normalized spacial score (nSPS) is 21.7. The van der Waals surface area contributed by atoms with Gasteiger partial charge in [0.2, 0.25) is 11.8 Å². The highest BCUT2D eigenvalue weighted by atomic mass is 16.5. The van der Waals surface area contributed by atoms with Gasteiger partial charge in [-0.2, -0.15) is 0 Å². The zero-order valence-electron chi connectivity index (χ0n) is 33.9. The van der Waals surface area contributed by atoms with Gasteiger partial charge in [-0.05, 0) is 89.1 Å². The highest BCUT2D eigenvalue weighted by Crippen LogP contribution is 2.46. The summed E-state index contributed by atoms with van der Waals surface area (Å²) < 4.78 is 26.2. The SMILES string of the molecule is COC[C@H](NC(=O)OC)C(=O)N1CCC[C@H]1C1=NC=C(c2ccc(-c3ccc(C4=C5COCC5=C([C@@H]5CCCN5C(=O)[C@@H](NC(=O)OC)[C@@H](C)OC)C4)cc3)cc2)C1. The van der Waals surface area contributed by atoms with Gasteiger partial charge >= 0.3 is 12.2 Å². The van der Waals surface area contributed by atoms with Crippen LogP contribution in [-0.4, -0.2) is 131 Å². The number of likely N-dealkylation sites (tertiary alicyclic amines) is 2. The van der Waals surface area contributed by atoms with E-state index in [1.165, 1.54) is 50.7 Å². The highest BCUT2D eigenvalue weighted by molar-refractivity contribution is 6.04. The third-order valence-corrected chi connectivity index (χ3v) is 12.1. The molecule has 0 radical (unpaired) electrons. The number of carbonyl (C=O) groups is 4. The number of benzene rings is 2. The summed E-state index contributed by atoms with van der Waals surface area (Å²) in [6.45, 7) is 4.08. The Balaban J connectivity index is 0.992. The maximum absolute atomic E-state index is 13.9. The van der Waals surface area contributed by atoms with E-state index in [0.29, 0.717) is 32.7 Å². The minimum Gasteiger partial charge on any atom is -0.453 e. The van der Waals surface area contributed by atoms with Crippen LogP contribution in [0.2, 0.25) is 0 Å². The van der Waals surface area contributed by atoms with Crippen LogP contribution in [0, 0.1) is 0 Å². The summed E-state index contributed by atoms with van der Waals surface area (Å²) in [5.74, 6) is -0.378. The van der Waals surface area contributed by atoms with Crippen molar-refractivity contribution in [2.24, 2.45) is 4.99 Å².